The molecule has 1 nitrogen and oxygen atoms in total. The summed E-state index contributed by atoms with van der Waals surface area (Å²) >= 11 is 3.62. The lowest BCUT2D eigenvalue weighted by atomic mass is 10.2. The zero-order valence-electron chi connectivity index (χ0n) is 9.46. The highest BCUT2D eigenvalue weighted by Crippen LogP contribution is 2.39. The largest absolute Gasteiger partial charge is 0.234 e. The van der Waals surface area contributed by atoms with Crippen molar-refractivity contribution in [3.63, 3.8) is 0 Å². The quantitative estimate of drug-likeness (QED) is 0.463. The van der Waals surface area contributed by atoms with Gasteiger partial charge in [-0.2, -0.15) is 0 Å². The molecule has 2 aromatic carbocycles. The molecule has 0 fully saturated rings. The zero-order chi connectivity index (χ0) is 11.9. The lowest BCUT2D eigenvalue weighted by molar-refractivity contribution is 1.49. The molecule has 0 aliphatic carbocycles. The van der Waals surface area contributed by atoms with Gasteiger partial charge in [-0.3, -0.25) is 0 Å². The molecule has 0 unspecified atom stereocenters. The molecule has 0 radical (unpaired) electrons. The molecule has 0 saturated carbocycles. The highest BCUT2D eigenvalue weighted by Gasteiger charge is 2.11. The summed E-state index contributed by atoms with van der Waals surface area (Å²) in [6, 6.07) is 18.9. The predicted octanol–water partition coefficient (Wildman–Crippen LogP) is 5.18. The first-order valence-electron chi connectivity index (χ1n) is 5.75. The minimum atomic E-state index is 1.11. The molecule has 0 amide bonds. The molecule has 18 heavy (non-hydrogen) atoms. The third kappa shape index (κ3) is 1.48. The van der Waals surface area contributed by atoms with Crippen molar-refractivity contribution in [1.82, 2.24) is 4.98 Å². The van der Waals surface area contributed by atoms with Crippen molar-refractivity contribution in [2.75, 3.05) is 0 Å². The third-order valence-corrected chi connectivity index (χ3v) is 5.32. The maximum absolute atomic E-state index is 4.80. The Bertz CT molecular complexity index is 827. The Balaban J connectivity index is 2.00. The van der Waals surface area contributed by atoms with Crippen LogP contribution in [-0.4, -0.2) is 4.98 Å². The van der Waals surface area contributed by atoms with Gasteiger partial charge in [0, 0.05) is 15.6 Å². The summed E-state index contributed by atoms with van der Waals surface area (Å²) in [7, 11) is 0. The Hall–Kier alpha value is -1.71. The fraction of sp³-hybridized carbons (Fsp3) is 0. The van der Waals surface area contributed by atoms with Gasteiger partial charge in [-0.1, -0.05) is 48.5 Å². The van der Waals surface area contributed by atoms with E-state index in [1.165, 1.54) is 19.7 Å². The predicted molar refractivity (Wildman–Crippen MR) is 80.4 cm³/mol. The smallest absolute Gasteiger partial charge is 0.125 e. The number of benzene rings is 2. The molecular formula is C15H9NS2. The summed E-state index contributed by atoms with van der Waals surface area (Å²) in [6.07, 6.45) is 0. The lowest BCUT2D eigenvalue weighted by Crippen LogP contribution is -1.73. The molecule has 4 aromatic rings. The highest BCUT2D eigenvalue weighted by atomic mass is 32.2. The molecule has 4 rings (SSSR count). The van der Waals surface area contributed by atoms with E-state index in [2.05, 4.69) is 48.5 Å². The van der Waals surface area contributed by atoms with Gasteiger partial charge in [-0.05, 0) is 6.07 Å². The van der Waals surface area contributed by atoms with Crippen molar-refractivity contribution in [3.8, 4) is 10.6 Å². The molecule has 0 aliphatic heterocycles. The first-order chi connectivity index (χ1) is 8.92. The summed E-state index contributed by atoms with van der Waals surface area (Å²) in [5.41, 5.74) is 2.36. The first kappa shape index (κ1) is 10.2. The van der Waals surface area contributed by atoms with Crippen LogP contribution >= 0.6 is 22.7 Å². The van der Waals surface area contributed by atoms with E-state index in [-0.39, 0.29) is 0 Å². The third-order valence-electron chi connectivity index (χ3n) is 2.96. The van der Waals surface area contributed by atoms with E-state index in [4.69, 9.17) is 4.98 Å². The number of rotatable bonds is 1. The van der Waals surface area contributed by atoms with Crippen LogP contribution in [0.1, 0.15) is 0 Å². The SMILES string of the molecule is c1ccc(-c2nc3c(s2)sc2ccccc23)cc1. The van der Waals surface area contributed by atoms with E-state index in [0.29, 0.717) is 0 Å². The number of fused-ring (bicyclic) bond motifs is 3. The molecule has 0 atom stereocenters. The van der Waals surface area contributed by atoms with Crippen LogP contribution in [0.5, 0.6) is 0 Å². The van der Waals surface area contributed by atoms with E-state index in [0.717, 1.165) is 10.5 Å². The monoisotopic (exact) mass is 267 g/mol. The summed E-state index contributed by atoms with van der Waals surface area (Å²) in [4.78, 5) is 4.80. The summed E-state index contributed by atoms with van der Waals surface area (Å²) < 4.78 is 2.64. The van der Waals surface area contributed by atoms with E-state index >= 15 is 0 Å². The van der Waals surface area contributed by atoms with E-state index in [1.807, 2.05) is 17.4 Å². The van der Waals surface area contributed by atoms with E-state index < -0.39 is 0 Å². The lowest BCUT2D eigenvalue weighted by Gasteiger charge is -1.93. The van der Waals surface area contributed by atoms with Crippen molar-refractivity contribution in [2.24, 2.45) is 0 Å². The van der Waals surface area contributed by atoms with Gasteiger partial charge in [-0.25, -0.2) is 4.98 Å². The maximum Gasteiger partial charge on any atom is 0.125 e. The van der Waals surface area contributed by atoms with Gasteiger partial charge in [0.25, 0.3) is 0 Å². The van der Waals surface area contributed by atoms with Crippen molar-refractivity contribution in [2.45, 2.75) is 0 Å². The minimum absolute atomic E-state index is 1.11. The topological polar surface area (TPSA) is 12.9 Å². The Morgan fingerprint density at radius 1 is 0.778 bits per heavy atom. The van der Waals surface area contributed by atoms with Gasteiger partial charge in [0.15, 0.2) is 0 Å². The number of aromatic nitrogens is 1. The molecular weight excluding hydrogens is 258 g/mol. The molecule has 3 heteroatoms. The van der Waals surface area contributed by atoms with Crippen LogP contribution in [0.4, 0.5) is 0 Å². The standard InChI is InChI=1S/C15H9NS2/c1-2-6-10(7-3-1)14-16-13-11-8-4-5-9-12(11)17-15(13)18-14/h1-9H. The van der Waals surface area contributed by atoms with E-state index in [9.17, 15) is 0 Å². The number of thiazole rings is 1. The van der Waals surface area contributed by atoms with Gasteiger partial charge in [0.1, 0.15) is 14.5 Å². The van der Waals surface area contributed by atoms with Crippen LogP contribution in [-0.2, 0) is 0 Å². The van der Waals surface area contributed by atoms with Crippen molar-refractivity contribution in [1.29, 1.82) is 0 Å². The molecule has 86 valence electrons. The van der Waals surface area contributed by atoms with Crippen LogP contribution in [0.3, 0.4) is 0 Å². The molecule has 0 spiro atoms. The molecule has 0 saturated heterocycles. The van der Waals surface area contributed by atoms with Gasteiger partial charge in [0.2, 0.25) is 0 Å². The first-order valence-corrected chi connectivity index (χ1v) is 7.38. The molecule has 2 heterocycles. The number of hydrogen-bond donors (Lipinski definition) is 0. The average Bonchev–Trinajstić information content (AvgIpc) is 2.97. The Morgan fingerprint density at radius 3 is 2.44 bits per heavy atom. The Morgan fingerprint density at radius 2 is 1.56 bits per heavy atom. The average molecular weight is 267 g/mol. The number of thiophene rings is 1. The van der Waals surface area contributed by atoms with Crippen molar-refractivity contribution >= 4 is 42.3 Å². The fourth-order valence-electron chi connectivity index (χ4n) is 2.10. The van der Waals surface area contributed by atoms with Crippen LogP contribution in [0.2, 0.25) is 0 Å². The van der Waals surface area contributed by atoms with Crippen molar-refractivity contribution in [3.05, 3.63) is 54.6 Å². The second-order valence-corrected chi connectivity index (χ2v) is 6.43. The maximum atomic E-state index is 4.80. The Kier molecular flexibility index (Phi) is 2.22. The molecule has 0 aliphatic rings. The number of hydrogen-bond acceptors (Lipinski definition) is 3. The van der Waals surface area contributed by atoms with Gasteiger partial charge in [0.05, 0.1) is 0 Å². The number of nitrogens with zero attached hydrogens (tertiary/aromatic N) is 1. The van der Waals surface area contributed by atoms with Crippen LogP contribution in [0.15, 0.2) is 54.6 Å². The second-order valence-electron chi connectivity index (χ2n) is 4.12. The highest BCUT2D eigenvalue weighted by molar-refractivity contribution is 7.42. The summed E-state index contributed by atoms with van der Waals surface area (Å²) in [5, 5.41) is 2.39. The van der Waals surface area contributed by atoms with Gasteiger partial charge in [-0.15, -0.1) is 22.7 Å². The minimum Gasteiger partial charge on any atom is -0.234 e. The summed E-state index contributed by atoms with van der Waals surface area (Å²) in [5.74, 6) is 0. The zero-order valence-corrected chi connectivity index (χ0v) is 11.1. The normalized spacial score (nSPS) is 11.3. The van der Waals surface area contributed by atoms with Gasteiger partial charge < -0.3 is 0 Å². The molecule has 0 N–H and O–H groups in total. The molecule has 2 aromatic heterocycles. The summed E-state index contributed by atoms with van der Waals surface area (Å²) in [6.45, 7) is 0. The second kappa shape index (κ2) is 3.90. The fourth-order valence-corrected chi connectivity index (χ4v) is 4.47. The van der Waals surface area contributed by atoms with Gasteiger partial charge >= 0.3 is 0 Å². The van der Waals surface area contributed by atoms with Crippen LogP contribution in [0.25, 0.3) is 30.2 Å². The van der Waals surface area contributed by atoms with Crippen LogP contribution < -0.4 is 0 Å². The molecule has 0 bridgehead atoms. The van der Waals surface area contributed by atoms with Crippen LogP contribution in [0, 0.1) is 0 Å². The van der Waals surface area contributed by atoms with Crippen molar-refractivity contribution < 1.29 is 0 Å². The van der Waals surface area contributed by atoms with E-state index in [1.54, 1.807) is 11.3 Å². The Labute approximate surface area is 112 Å².